The lowest BCUT2D eigenvalue weighted by molar-refractivity contribution is -0.384. The molecule has 0 bridgehead atoms. The smallest absolute Gasteiger partial charge is 0.289 e. The van der Waals surface area contributed by atoms with Gasteiger partial charge in [0, 0.05) is 30.5 Å². The number of benzene rings is 2. The third-order valence-electron chi connectivity index (χ3n) is 4.73. The van der Waals surface area contributed by atoms with Crippen LogP contribution in [0.15, 0.2) is 71.8 Å². The number of nitro benzene ring substituents is 1. The van der Waals surface area contributed by atoms with Crippen LogP contribution in [0.25, 0.3) is 0 Å². The maximum atomic E-state index is 13.3. The minimum absolute atomic E-state index is 0.105. The zero-order valence-electron chi connectivity index (χ0n) is 16.6. The Morgan fingerprint density at radius 1 is 1.10 bits per heavy atom. The Bertz CT molecular complexity index is 1140. The molecule has 0 aliphatic rings. The molecule has 1 heterocycles. The Morgan fingerprint density at radius 3 is 2.43 bits per heavy atom. The Balaban J connectivity index is 1.93. The molecule has 7 nitrogen and oxygen atoms in total. The van der Waals surface area contributed by atoms with Crippen LogP contribution < -0.4 is 0 Å². The molecule has 0 saturated heterocycles. The van der Waals surface area contributed by atoms with Gasteiger partial charge in [-0.15, -0.1) is 0 Å². The van der Waals surface area contributed by atoms with Crippen LogP contribution in [0.5, 0.6) is 0 Å². The fourth-order valence-electron chi connectivity index (χ4n) is 3.16. The number of halogens is 1. The molecule has 0 N–H and O–H groups in total. The van der Waals surface area contributed by atoms with Gasteiger partial charge < -0.3 is 4.57 Å². The average Bonchev–Trinajstić information content (AvgIpc) is 3.13. The number of rotatable bonds is 8. The van der Waals surface area contributed by atoms with Gasteiger partial charge in [-0.1, -0.05) is 41.9 Å². The van der Waals surface area contributed by atoms with Crippen LogP contribution in [-0.4, -0.2) is 28.3 Å². The van der Waals surface area contributed by atoms with Crippen molar-refractivity contribution in [2.75, 3.05) is 0 Å². The molecule has 0 atom stereocenters. The minimum atomic E-state index is -3.98. The number of hydrogen-bond donors (Lipinski definition) is 0. The van der Waals surface area contributed by atoms with E-state index in [1.54, 1.807) is 13.8 Å². The van der Waals surface area contributed by atoms with Crippen molar-refractivity contribution in [3.05, 3.63) is 93.3 Å². The first-order valence-electron chi connectivity index (χ1n) is 9.34. The maximum Gasteiger partial charge on any atom is 0.289 e. The zero-order chi connectivity index (χ0) is 21.9. The fourth-order valence-corrected chi connectivity index (χ4v) is 4.98. The van der Waals surface area contributed by atoms with E-state index in [1.165, 1.54) is 16.4 Å². The number of nitrogens with zero attached hydrogens (tertiary/aromatic N) is 3. The van der Waals surface area contributed by atoms with E-state index in [-0.39, 0.29) is 22.5 Å². The second kappa shape index (κ2) is 8.99. The molecule has 0 saturated carbocycles. The van der Waals surface area contributed by atoms with Crippen LogP contribution >= 0.6 is 11.6 Å². The van der Waals surface area contributed by atoms with Crippen molar-refractivity contribution in [2.24, 2.45) is 0 Å². The van der Waals surface area contributed by atoms with Gasteiger partial charge in [-0.25, -0.2) is 8.42 Å². The molecule has 0 radical (unpaired) electrons. The summed E-state index contributed by atoms with van der Waals surface area (Å²) < 4.78 is 29.9. The van der Waals surface area contributed by atoms with Crippen molar-refractivity contribution in [1.82, 2.24) is 8.87 Å². The van der Waals surface area contributed by atoms with Gasteiger partial charge in [0.15, 0.2) is 0 Å². The van der Waals surface area contributed by atoms with Crippen LogP contribution in [-0.2, 0) is 23.1 Å². The number of hydrogen-bond acceptors (Lipinski definition) is 4. The standard InChI is InChI=1S/C21H22ClN3O4S/c1-16(2)24(30(28,29)19-10-11-20(22)21(13-19)25(26)27)15-18-9-6-12-23(18)14-17-7-4-3-5-8-17/h3-13,16H,14-15H2,1-2H3. The van der Waals surface area contributed by atoms with Crippen LogP contribution in [0.1, 0.15) is 25.1 Å². The highest BCUT2D eigenvalue weighted by Crippen LogP contribution is 2.30. The molecule has 0 fully saturated rings. The molecule has 0 amide bonds. The van der Waals surface area contributed by atoms with Gasteiger partial charge in [-0.05, 0) is 43.7 Å². The predicted molar refractivity (Wildman–Crippen MR) is 116 cm³/mol. The quantitative estimate of drug-likeness (QED) is 0.370. The summed E-state index contributed by atoms with van der Waals surface area (Å²) in [6, 6.07) is 16.8. The summed E-state index contributed by atoms with van der Waals surface area (Å²) >= 11 is 5.84. The highest BCUT2D eigenvalue weighted by atomic mass is 35.5. The summed E-state index contributed by atoms with van der Waals surface area (Å²) in [7, 11) is -3.98. The molecular weight excluding hydrogens is 426 g/mol. The molecular formula is C21H22ClN3O4S. The lowest BCUT2D eigenvalue weighted by atomic mass is 10.2. The van der Waals surface area contributed by atoms with Gasteiger partial charge in [0.1, 0.15) is 5.02 Å². The molecule has 9 heteroatoms. The molecule has 3 rings (SSSR count). The topological polar surface area (TPSA) is 85.5 Å². The molecule has 2 aromatic carbocycles. The highest BCUT2D eigenvalue weighted by molar-refractivity contribution is 7.89. The van der Waals surface area contributed by atoms with E-state index >= 15 is 0 Å². The molecule has 0 unspecified atom stereocenters. The number of sulfonamides is 1. The normalized spacial score (nSPS) is 11.9. The zero-order valence-corrected chi connectivity index (χ0v) is 18.2. The molecule has 0 aliphatic carbocycles. The van der Waals surface area contributed by atoms with Crippen LogP contribution in [0.3, 0.4) is 0 Å². The summed E-state index contributed by atoms with van der Waals surface area (Å²) in [5, 5.41) is 11.1. The molecule has 1 aromatic heterocycles. The Morgan fingerprint density at radius 2 is 1.80 bits per heavy atom. The van der Waals surface area contributed by atoms with E-state index in [4.69, 9.17) is 11.6 Å². The Labute approximate surface area is 180 Å². The first kappa shape index (κ1) is 22.0. The summed E-state index contributed by atoms with van der Waals surface area (Å²) in [5.41, 5.74) is 1.48. The third-order valence-corrected chi connectivity index (χ3v) is 7.07. The summed E-state index contributed by atoms with van der Waals surface area (Å²) in [5.74, 6) is 0. The Kier molecular flexibility index (Phi) is 6.60. The van der Waals surface area contributed by atoms with Gasteiger partial charge >= 0.3 is 0 Å². The maximum absolute atomic E-state index is 13.3. The third kappa shape index (κ3) is 4.72. The van der Waals surface area contributed by atoms with Crippen molar-refractivity contribution in [1.29, 1.82) is 0 Å². The number of aromatic nitrogens is 1. The van der Waals surface area contributed by atoms with Crippen molar-refractivity contribution < 1.29 is 13.3 Å². The summed E-state index contributed by atoms with van der Waals surface area (Å²) in [6.07, 6.45) is 1.90. The van der Waals surface area contributed by atoms with E-state index in [9.17, 15) is 18.5 Å². The van der Waals surface area contributed by atoms with Crippen molar-refractivity contribution in [2.45, 2.75) is 37.9 Å². The monoisotopic (exact) mass is 447 g/mol. The first-order valence-corrected chi connectivity index (χ1v) is 11.2. The second-order valence-electron chi connectivity index (χ2n) is 7.13. The second-order valence-corrected chi connectivity index (χ2v) is 9.43. The van der Waals surface area contributed by atoms with Crippen LogP contribution in [0.4, 0.5) is 5.69 Å². The molecule has 158 valence electrons. The molecule has 0 spiro atoms. The van der Waals surface area contributed by atoms with Crippen molar-refractivity contribution in [3.8, 4) is 0 Å². The number of nitro groups is 1. The van der Waals surface area contributed by atoms with E-state index in [1.807, 2.05) is 53.2 Å². The summed E-state index contributed by atoms with van der Waals surface area (Å²) in [4.78, 5) is 10.3. The minimum Gasteiger partial charge on any atom is -0.346 e. The van der Waals surface area contributed by atoms with Gasteiger partial charge in [-0.2, -0.15) is 4.31 Å². The van der Waals surface area contributed by atoms with Gasteiger partial charge in [-0.3, -0.25) is 10.1 Å². The van der Waals surface area contributed by atoms with E-state index in [0.717, 1.165) is 17.3 Å². The van der Waals surface area contributed by atoms with E-state index < -0.39 is 20.6 Å². The van der Waals surface area contributed by atoms with E-state index in [0.29, 0.717) is 6.54 Å². The van der Waals surface area contributed by atoms with Crippen LogP contribution in [0.2, 0.25) is 5.02 Å². The van der Waals surface area contributed by atoms with Gasteiger partial charge in [0.25, 0.3) is 5.69 Å². The predicted octanol–water partition coefficient (Wildman–Crippen LogP) is 4.70. The lowest BCUT2D eigenvalue weighted by Gasteiger charge is -2.26. The SMILES string of the molecule is CC(C)N(Cc1cccn1Cc1ccccc1)S(=O)(=O)c1ccc(Cl)c([N+](=O)[O-])c1. The van der Waals surface area contributed by atoms with Crippen LogP contribution in [0, 0.1) is 10.1 Å². The molecule has 0 aliphatic heterocycles. The van der Waals surface area contributed by atoms with Gasteiger partial charge in [0.2, 0.25) is 10.0 Å². The fraction of sp³-hybridized carbons (Fsp3) is 0.238. The highest BCUT2D eigenvalue weighted by Gasteiger charge is 2.30. The summed E-state index contributed by atoms with van der Waals surface area (Å²) in [6.45, 7) is 4.29. The molecule has 3 aromatic rings. The van der Waals surface area contributed by atoms with Crippen molar-refractivity contribution in [3.63, 3.8) is 0 Å². The Hall–Kier alpha value is -2.68. The van der Waals surface area contributed by atoms with Gasteiger partial charge in [0.05, 0.1) is 16.4 Å². The van der Waals surface area contributed by atoms with E-state index in [2.05, 4.69) is 0 Å². The first-order chi connectivity index (χ1) is 14.2. The largest absolute Gasteiger partial charge is 0.346 e. The lowest BCUT2D eigenvalue weighted by Crippen LogP contribution is -2.37. The van der Waals surface area contributed by atoms with Crippen molar-refractivity contribution >= 4 is 27.3 Å². The average molecular weight is 448 g/mol. The molecule has 30 heavy (non-hydrogen) atoms.